The third-order valence-corrected chi connectivity index (χ3v) is 3.19. The van der Waals surface area contributed by atoms with Gasteiger partial charge in [0.15, 0.2) is 0 Å². The standard InChI is InChI=1S/C13H20ClNO/c1-9-7-13(16-4)11(3)10(2)12(9)8-15-6-5-14/h7,15H,5-6,8H2,1-4H3. The normalized spacial score (nSPS) is 10.6. The summed E-state index contributed by atoms with van der Waals surface area (Å²) in [6, 6.07) is 2.10. The number of hydrogen-bond acceptors (Lipinski definition) is 2. The third-order valence-electron chi connectivity index (χ3n) is 3.00. The molecule has 0 aliphatic carbocycles. The molecule has 0 aliphatic rings. The molecule has 0 spiro atoms. The van der Waals surface area contributed by atoms with Crippen molar-refractivity contribution in [3.8, 4) is 5.75 Å². The summed E-state index contributed by atoms with van der Waals surface area (Å²) in [5, 5.41) is 3.32. The molecule has 0 radical (unpaired) electrons. The Morgan fingerprint density at radius 3 is 2.50 bits per heavy atom. The minimum Gasteiger partial charge on any atom is -0.496 e. The molecule has 0 aromatic heterocycles. The second kappa shape index (κ2) is 6.12. The van der Waals surface area contributed by atoms with E-state index >= 15 is 0 Å². The lowest BCUT2D eigenvalue weighted by Gasteiger charge is -2.16. The molecule has 0 heterocycles. The minimum atomic E-state index is 0.646. The summed E-state index contributed by atoms with van der Waals surface area (Å²) < 4.78 is 5.35. The predicted molar refractivity (Wildman–Crippen MR) is 69.6 cm³/mol. The molecule has 2 nitrogen and oxygen atoms in total. The highest BCUT2D eigenvalue weighted by atomic mass is 35.5. The van der Waals surface area contributed by atoms with Crippen molar-refractivity contribution in [3.05, 3.63) is 28.3 Å². The first-order valence-corrected chi connectivity index (χ1v) is 6.05. The van der Waals surface area contributed by atoms with Crippen molar-refractivity contribution in [1.82, 2.24) is 5.32 Å². The molecule has 1 aromatic rings. The Morgan fingerprint density at radius 2 is 1.94 bits per heavy atom. The molecule has 0 fully saturated rings. The first-order valence-electron chi connectivity index (χ1n) is 5.52. The van der Waals surface area contributed by atoms with E-state index in [1.807, 2.05) is 0 Å². The Bertz CT molecular complexity index is 363. The lowest BCUT2D eigenvalue weighted by Crippen LogP contribution is -2.17. The summed E-state index contributed by atoms with van der Waals surface area (Å²) in [4.78, 5) is 0. The van der Waals surface area contributed by atoms with Crippen LogP contribution in [0.1, 0.15) is 22.3 Å². The lowest BCUT2D eigenvalue weighted by molar-refractivity contribution is 0.410. The van der Waals surface area contributed by atoms with E-state index in [4.69, 9.17) is 16.3 Å². The number of alkyl halides is 1. The monoisotopic (exact) mass is 241 g/mol. The first-order chi connectivity index (χ1) is 7.61. The second-order valence-electron chi connectivity index (χ2n) is 3.99. The first kappa shape index (κ1) is 13.3. The molecule has 90 valence electrons. The van der Waals surface area contributed by atoms with Crippen LogP contribution in [0.15, 0.2) is 6.07 Å². The number of aryl methyl sites for hydroxylation is 1. The van der Waals surface area contributed by atoms with Crippen LogP contribution < -0.4 is 10.1 Å². The molecule has 0 saturated carbocycles. The van der Waals surface area contributed by atoms with Crippen LogP contribution in [0.4, 0.5) is 0 Å². The lowest BCUT2D eigenvalue weighted by atomic mass is 9.97. The number of halogens is 1. The number of rotatable bonds is 5. The van der Waals surface area contributed by atoms with Gasteiger partial charge >= 0.3 is 0 Å². The van der Waals surface area contributed by atoms with E-state index in [-0.39, 0.29) is 0 Å². The molecular formula is C13H20ClNO. The maximum Gasteiger partial charge on any atom is 0.122 e. The van der Waals surface area contributed by atoms with Gasteiger partial charge < -0.3 is 10.1 Å². The minimum absolute atomic E-state index is 0.646. The zero-order valence-corrected chi connectivity index (χ0v) is 11.2. The van der Waals surface area contributed by atoms with Gasteiger partial charge in [0.1, 0.15) is 5.75 Å². The van der Waals surface area contributed by atoms with Crippen molar-refractivity contribution >= 4 is 11.6 Å². The summed E-state index contributed by atoms with van der Waals surface area (Å²) in [5.41, 5.74) is 5.14. The summed E-state index contributed by atoms with van der Waals surface area (Å²) >= 11 is 5.64. The smallest absolute Gasteiger partial charge is 0.122 e. The summed E-state index contributed by atoms with van der Waals surface area (Å²) in [6.07, 6.45) is 0. The van der Waals surface area contributed by atoms with E-state index in [2.05, 4.69) is 32.2 Å². The van der Waals surface area contributed by atoms with Gasteiger partial charge in [-0.2, -0.15) is 0 Å². The molecule has 1 N–H and O–H groups in total. The van der Waals surface area contributed by atoms with E-state index in [1.165, 1.54) is 22.3 Å². The van der Waals surface area contributed by atoms with Crippen molar-refractivity contribution in [2.24, 2.45) is 0 Å². The summed E-state index contributed by atoms with van der Waals surface area (Å²) in [5.74, 6) is 1.61. The van der Waals surface area contributed by atoms with Gasteiger partial charge in [-0.25, -0.2) is 0 Å². The van der Waals surface area contributed by atoms with Gasteiger partial charge in [-0.15, -0.1) is 11.6 Å². The molecule has 3 heteroatoms. The van der Waals surface area contributed by atoms with Crippen molar-refractivity contribution in [2.75, 3.05) is 19.5 Å². The van der Waals surface area contributed by atoms with Crippen LogP contribution in [0.5, 0.6) is 5.75 Å². The maximum atomic E-state index is 5.64. The van der Waals surface area contributed by atoms with Crippen LogP contribution in [-0.4, -0.2) is 19.5 Å². The van der Waals surface area contributed by atoms with Crippen LogP contribution in [0, 0.1) is 20.8 Å². The zero-order chi connectivity index (χ0) is 12.1. The Morgan fingerprint density at radius 1 is 1.25 bits per heavy atom. The van der Waals surface area contributed by atoms with Gasteiger partial charge in [-0.05, 0) is 49.1 Å². The van der Waals surface area contributed by atoms with Crippen molar-refractivity contribution in [3.63, 3.8) is 0 Å². The summed E-state index contributed by atoms with van der Waals surface area (Å²) in [6.45, 7) is 8.06. The molecular weight excluding hydrogens is 222 g/mol. The Labute approximate surface area is 103 Å². The fraction of sp³-hybridized carbons (Fsp3) is 0.538. The maximum absolute atomic E-state index is 5.64. The Kier molecular flexibility index (Phi) is 5.10. The van der Waals surface area contributed by atoms with Crippen LogP contribution in [0.2, 0.25) is 0 Å². The zero-order valence-electron chi connectivity index (χ0n) is 10.5. The third kappa shape index (κ3) is 2.89. The number of benzene rings is 1. The van der Waals surface area contributed by atoms with Gasteiger partial charge in [-0.1, -0.05) is 0 Å². The van der Waals surface area contributed by atoms with E-state index in [0.717, 1.165) is 18.8 Å². The van der Waals surface area contributed by atoms with Crippen LogP contribution >= 0.6 is 11.6 Å². The van der Waals surface area contributed by atoms with E-state index in [1.54, 1.807) is 7.11 Å². The van der Waals surface area contributed by atoms with Crippen molar-refractivity contribution in [1.29, 1.82) is 0 Å². The average molecular weight is 242 g/mol. The Balaban J connectivity index is 2.96. The highest BCUT2D eigenvalue weighted by molar-refractivity contribution is 6.18. The number of methoxy groups -OCH3 is 1. The van der Waals surface area contributed by atoms with Gasteiger partial charge in [0.25, 0.3) is 0 Å². The van der Waals surface area contributed by atoms with Gasteiger partial charge in [0.2, 0.25) is 0 Å². The second-order valence-corrected chi connectivity index (χ2v) is 4.37. The van der Waals surface area contributed by atoms with E-state index in [9.17, 15) is 0 Å². The quantitative estimate of drug-likeness (QED) is 0.632. The molecule has 0 aliphatic heterocycles. The van der Waals surface area contributed by atoms with E-state index < -0.39 is 0 Å². The molecule has 1 rings (SSSR count). The number of nitrogens with one attached hydrogen (secondary N) is 1. The predicted octanol–water partition coefficient (Wildman–Crippen LogP) is 2.95. The molecule has 0 bridgehead atoms. The van der Waals surface area contributed by atoms with Crippen LogP contribution in [0.3, 0.4) is 0 Å². The SMILES string of the molecule is COc1cc(C)c(CNCCCl)c(C)c1C. The van der Waals surface area contributed by atoms with Crippen molar-refractivity contribution in [2.45, 2.75) is 27.3 Å². The number of ether oxygens (including phenoxy) is 1. The van der Waals surface area contributed by atoms with Gasteiger partial charge in [0.05, 0.1) is 7.11 Å². The topological polar surface area (TPSA) is 21.3 Å². The Hall–Kier alpha value is -0.730. The van der Waals surface area contributed by atoms with Crippen LogP contribution in [0.25, 0.3) is 0 Å². The molecule has 0 unspecified atom stereocenters. The van der Waals surface area contributed by atoms with Crippen molar-refractivity contribution < 1.29 is 4.74 Å². The van der Waals surface area contributed by atoms with E-state index in [0.29, 0.717) is 5.88 Å². The highest BCUT2D eigenvalue weighted by Crippen LogP contribution is 2.27. The molecule has 1 aromatic carbocycles. The van der Waals surface area contributed by atoms with Crippen LogP contribution in [-0.2, 0) is 6.54 Å². The molecule has 0 saturated heterocycles. The average Bonchev–Trinajstić information content (AvgIpc) is 2.28. The largest absolute Gasteiger partial charge is 0.496 e. The molecule has 0 amide bonds. The van der Waals surface area contributed by atoms with Gasteiger partial charge in [-0.3, -0.25) is 0 Å². The highest BCUT2D eigenvalue weighted by Gasteiger charge is 2.09. The molecule has 16 heavy (non-hydrogen) atoms. The molecule has 0 atom stereocenters. The van der Waals surface area contributed by atoms with Gasteiger partial charge in [0, 0.05) is 19.0 Å². The number of hydrogen-bond donors (Lipinski definition) is 1. The fourth-order valence-corrected chi connectivity index (χ4v) is 2.00. The fourth-order valence-electron chi connectivity index (χ4n) is 1.86. The summed E-state index contributed by atoms with van der Waals surface area (Å²) in [7, 11) is 1.71.